The Morgan fingerprint density at radius 1 is 1.29 bits per heavy atom. The van der Waals surface area contributed by atoms with Gasteiger partial charge in [0, 0.05) is 6.54 Å². The van der Waals surface area contributed by atoms with Crippen molar-refractivity contribution < 1.29 is 13.9 Å². The molecule has 1 N–H and O–H groups in total. The van der Waals surface area contributed by atoms with Crippen molar-refractivity contribution in [1.29, 1.82) is 0 Å². The smallest absolute Gasteiger partial charge is 0.260 e. The molecule has 0 aliphatic rings. The van der Waals surface area contributed by atoms with E-state index in [0.717, 1.165) is 12.8 Å². The summed E-state index contributed by atoms with van der Waals surface area (Å²) in [5.74, 6) is 0.569. The SMILES string of the molecule is CCCC[C@@H](CC)CNC(=O)[C@@H](C)Oc1ccc(F)cc1. The maximum absolute atomic E-state index is 12.8. The van der Waals surface area contributed by atoms with Crippen molar-refractivity contribution in [3.63, 3.8) is 0 Å². The van der Waals surface area contributed by atoms with Crippen LogP contribution < -0.4 is 10.1 Å². The first-order valence-corrected chi connectivity index (χ1v) is 7.76. The standard InChI is InChI=1S/C17H26FNO2/c1-4-6-7-14(5-2)12-19-17(20)13(3)21-16-10-8-15(18)9-11-16/h8-11,13-14H,4-7,12H2,1-3H3,(H,19,20)/t13-,14-/m1/s1. The molecule has 1 aromatic rings. The van der Waals surface area contributed by atoms with Crippen LogP contribution in [0.2, 0.25) is 0 Å². The zero-order valence-electron chi connectivity index (χ0n) is 13.2. The Kier molecular flexibility index (Phi) is 7.80. The summed E-state index contributed by atoms with van der Waals surface area (Å²) >= 11 is 0. The largest absolute Gasteiger partial charge is 0.481 e. The normalized spacial score (nSPS) is 13.5. The highest BCUT2D eigenvalue weighted by molar-refractivity contribution is 5.80. The van der Waals surface area contributed by atoms with E-state index in [2.05, 4.69) is 19.2 Å². The minimum absolute atomic E-state index is 0.130. The van der Waals surface area contributed by atoms with Gasteiger partial charge in [0.15, 0.2) is 6.10 Å². The Morgan fingerprint density at radius 2 is 1.95 bits per heavy atom. The van der Waals surface area contributed by atoms with Gasteiger partial charge in [0.2, 0.25) is 0 Å². The zero-order valence-corrected chi connectivity index (χ0v) is 13.2. The van der Waals surface area contributed by atoms with E-state index in [4.69, 9.17) is 4.74 Å². The fraction of sp³-hybridized carbons (Fsp3) is 0.588. The third kappa shape index (κ3) is 6.61. The summed E-state index contributed by atoms with van der Waals surface area (Å²) in [5.41, 5.74) is 0. The Hall–Kier alpha value is -1.58. The van der Waals surface area contributed by atoms with Crippen LogP contribution in [0.3, 0.4) is 0 Å². The first-order valence-electron chi connectivity index (χ1n) is 7.76. The molecule has 0 aliphatic carbocycles. The molecule has 21 heavy (non-hydrogen) atoms. The third-order valence-corrected chi connectivity index (χ3v) is 3.60. The van der Waals surface area contributed by atoms with Crippen molar-refractivity contribution in [2.75, 3.05) is 6.54 Å². The first-order chi connectivity index (χ1) is 10.1. The van der Waals surface area contributed by atoms with Crippen molar-refractivity contribution in [2.24, 2.45) is 5.92 Å². The van der Waals surface area contributed by atoms with Crippen LogP contribution in [0.25, 0.3) is 0 Å². The van der Waals surface area contributed by atoms with E-state index in [1.165, 1.54) is 37.1 Å². The van der Waals surface area contributed by atoms with Gasteiger partial charge < -0.3 is 10.1 Å². The molecule has 0 heterocycles. The van der Waals surface area contributed by atoms with E-state index in [1.807, 2.05) is 0 Å². The minimum Gasteiger partial charge on any atom is -0.481 e. The highest BCUT2D eigenvalue weighted by atomic mass is 19.1. The molecule has 0 fully saturated rings. The van der Waals surface area contributed by atoms with E-state index in [0.29, 0.717) is 18.2 Å². The molecule has 0 spiro atoms. The van der Waals surface area contributed by atoms with E-state index >= 15 is 0 Å². The molecule has 0 unspecified atom stereocenters. The number of rotatable bonds is 9. The Balaban J connectivity index is 2.38. The molecule has 0 saturated heterocycles. The molecule has 0 aliphatic heterocycles. The molecule has 4 heteroatoms. The maximum Gasteiger partial charge on any atom is 0.260 e. The molecule has 0 aromatic heterocycles. The van der Waals surface area contributed by atoms with Gasteiger partial charge >= 0.3 is 0 Å². The van der Waals surface area contributed by atoms with Crippen LogP contribution in [0.5, 0.6) is 5.75 Å². The first kappa shape index (κ1) is 17.5. The van der Waals surface area contributed by atoms with Crippen molar-refractivity contribution in [3.05, 3.63) is 30.1 Å². The molecule has 0 bridgehead atoms. The van der Waals surface area contributed by atoms with E-state index in [-0.39, 0.29) is 11.7 Å². The second-order valence-corrected chi connectivity index (χ2v) is 5.38. The van der Waals surface area contributed by atoms with Gasteiger partial charge in [-0.3, -0.25) is 4.79 Å². The summed E-state index contributed by atoms with van der Waals surface area (Å²) in [5, 5.41) is 2.94. The van der Waals surface area contributed by atoms with Crippen molar-refractivity contribution in [1.82, 2.24) is 5.32 Å². The number of ether oxygens (including phenoxy) is 1. The highest BCUT2D eigenvalue weighted by Gasteiger charge is 2.16. The fourth-order valence-electron chi connectivity index (χ4n) is 2.10. The number of carbonyl (C=O) groups is 1. The van der Waals surface area contributed by atoms with Crippen LogP contribution in [0.4, 0.5) is 4.39 Å². The van der Waals surface area contributed by atoms with Crippen LogP contribution in [0, 0.1) is 11.7 Å². The lowest BCUT2D eigenvalue weighted by molar-refractivity contribution is -0.127. The molecule has 0 radical (unpaired) electrons. The molecule has 1 rings (SSSR count). The summed E-state index contributed by atoms with van der Waals surface area (Å²) in [6.07, 6.45) is 3.98. The quantitative estimate of drug-likeness (QED) is 0.749. The summed E-state index contributed by atoms with van der Waals surface area (Å²) < 4.78 is 18.3. The third-order valence-electron chi connectivity index (χ3n) is 3.60. The van der Waals surface area contributed by atoms with Gasteiger partial charge in [-0.05, 0) is 43.5 Å². The van der Waals surface area contributed by atoms with Crippen molar-refractivity contribution in [3.8, 4) is 5.75 Å². The number of hydrogen-bond acceptors (Lipinski definition) is 2. The molecular weight excluding hydrogens is 269 g/mol. The molecular formula is C17H26FNO2. The Labute approximate surface area is 126 Å². The van der Waals surface area contributed by atoms with E-state index < -0.39 is 6.10 Å². The van der Waals surface area contributed by atoms with Crippen LogP contribution >= 0.6 is 0 Å². The summed E-state index contributed by atoms with van der Waals surface area (Å²) in [6, 6.07) is 5.68. The summed E-state index contributed by atoms with van der Waals surface area (Å²) in [7, 11) is 0. The Bertz CT molecular complexity index is 419. The lowest BCUT2D eigenvalue weighted by Crippen LogP contribution is -2.38. The Morgan fingerprint density at radius 3 is 2.52 bits per heavy atom. The molecule has 2 atom stereocenters. The number of unbranched alkanes of at least 4 members (excludes halogenated alkanes) is 1. The molecule has 1 amide bonds. The van der Waals surface area contributed by atoms with Gasteiger partial charge in [-0.15, -0.1) is 0 Å². The number of halogens is 1. The maximum atomic E-state index is 12.8. The van der Waals surface area contributed by atoms with Crippen molar-refractivity contribution in [2.45, 2.75) is 52.6 Å². The average molecular weight is 295 g/mol. The van der Waals surface area contributed by atoms with Gasteiger partial charge in [0.1, 0.15) is 11.6 Å². The topological polar surface area (TPSA) is 38.3 Å². The van der Waals surface area contributed by atoms with Crippen molar-refractivity contribution >= 4 is 5.91 Å². The molecule has 0 saturated carbocycles. The fourth-order valence-corrected chi connectivity index (χ4v) is 2.10. The molecule has 1 aromatic carbocycles. The predicted octanol–water partition coefficient (Wildman–Crippen LogP) is 3.93. The van der Waals surface area contributed by atoms with E-state index in [1.54, 1.807) is 6.92 Å². The van der Waals surface area contributed by atoms with Gasteiger partial charge in [-0.25, -0.2) is 4.39 Å². The van der Waals surface area contributed by atoms with Crippen LogP contribution in [0.15, 0.2) is 24.3 Å². The number of hydrogen-bond donors (Lipinski definition) is 1. The second-order valence-electron chi connectivity index (χ2n) is 5.38. The van der Waals surface area contributed by atoms with Gasteiger partial charge in [0.25, 0.3) is 5.91 Å². The summed E-state index contributed by atoms with van der Waals surface area (Å²) in [4.78, 5) is 12.0. The lowest BCUT2D eigenvalue weighted by Gasteiger charge is -2.18. The number of benzene rings is 1. The average Bonchev–Trinajstić information content (AvgIpc) is 2.49. The van der Waals surface area contributed by atoms with Gasteiger partial charge in [-0.1, -0.05) is 33.1 Å². The van der Waals surface area contributed by atoms with Gasteiger partial charge in [-0.2, -0.15) is 0 Å². The van der Waals surface area contributed by atoms with Crippen LogP contribution in [-0.4, -0.2) is 18.6 Å². The van der Waals surface area contributed by atoms with E-state index in [9.17, 15) is 9.18 Å². The lowest BCUT2D eigenvalue weighted by atomic mass is 9.99. The highest BCUT2D eigenvalue weighted by Crippen LogP contribution is 2.14. The monoisotopic (exact) mass is 295 g/mol. The minimum atomic E-state index is -0.584. The molecule has 3 nitrogen and oxygen atoms in total. The number of amides is 1. The number of carbonyl (C=O) groups excluding carboxylic acids is 1. The van der Waals surface area contributed by atoms with Crippen LogP contribution in [0.1, 0.15) is 46.5 Å². The molecule has 118 valence electrons. The summed E-state index contributed by atoms with van der Waals surface area (Å²) in [6.45, 7) is 6.70. The van der Waals surface area contributed by atoms with Crippen LogP contribution in [-0.2, 0) is 4.79 Å². The second kappa shape index (κ2) is 9.37. The zero-order chi connectivity index (χ0) is 15.7. The van der Waals surface area contributed by atoms with Gasteiger partial charge in [0.05, 0.1) is 0 Å². The predicted molar refractivity (Wildman–Crippen MR) is 82.8 cm³/mol. The number of nitrogens with one attached hydrogen (secondary N) is 1.